The Labute approximate surface area is 104 Å². The number of rotatable bonds is 2. The van der Waals surface area contributed by atoms with Crippen molar-refractivity contribution in [1.29, 1.82) is 0 Å². The summed E-state index contributed by atoms with van der Waals surface area (Å²) in [6, 6.07) is 3.43. The van der Waals surface area contributed by atoms with Gasteiger partial charge in [-0.2, -0.15) is 10.1 Å². The molecule has 1 aliphatic heterocycles. The van der Waals surface area contributed by atoms with E-state index >= 15 is 0 Å². The average molecular weight is 254 g/mol. The van der Waals surface area contributed by atoms with Crippen LogP contribution in [0.15, 0.2) is 17.2 Å². The minimum absolute atomic E-state index is 0.127. The average Bonchev–Trinajstić information content (AvgIpc) is 2.57. The second-order valence-corrected chi connectivity index (χ2v) is 4.16. The van der Waals surface area contributed by atoms with Crippen molar-refractivity contribution < 1.29 is 9.53 Å². The fourth-order valence-electron chi connectivity index (χ4n) is 1.72. The summed E-state index contributed by atoms with van der Waals surface area (Å²) >= 11 is 6.12. The van der Waals surface area contributed by atoms with Crippen LogP contribution in [0.5, 0.6) is 5.75 Å². The number of benzene rings is 1. The molecular weight excluding hydrogens is 242 g/mol. The number of hydrogen-bond acceptors (Lipinski definition) is 4. The van der Waals surface area contributed by atoms with Gasteiger partial charge in [0.2, 0.25) is 0 Å². The number of carbonyl (C=O) groups is 1. The summed E-state index contributed by atoms with van der Waals surface area (Å²) in [6.07, 6.45) is 0.127. The first-order valence-electron chi connectivity index (χ1n) is 5.03. The van der Waals surface area contributed by atoms with Crippen molar-refractivity contribution in [2.24, 2.45) is 10.8 Å². The number of anilines is 1. The van der Waals surface area contributed by atoms with Gasteiger partial charge in [0.15, 0.2) is 0 Å². The fraction of sp³-hybridized carbons (Fsp3) is 0.273. The predicted molar refractivity (Wildman–Crippen MR) is 66.5 cm³/mol. The number of methoxy groups -OCH3 is 1. The molecular formula is C11H12ClN3O2. The molecule has 0 aliphatic carbocycles. The molecule has 2 rings (SSSR count). The molecule has 1 aromatic carbocycles. The molecule has 0 saturated heterocycles. The fourth-order valence-corrected chi connectivity index (χ4v) is 2.05. The zero-order valence-electron chi connectivity index (χ0n) is 9.53. The molecule has 0 radical (unpaired) electrons. The highest BCUT2D eigenvalue weighted by atomic mass is 35.5. The summed E-state index contributed by atoms with van der Waals surface area (Å²) in [6.45, 7) is 1.83. The van der Waals surface area contributed by atoms with Gasteiger partial charge in [-0.3, -0.25) is 4.79 Å². The maximum absolute atomic E-state index is 11.7. The van der Waals surface area contributed by atoms with E-state index in [0.29, 0.717) is 22.3 Å². The third kappa shape index (κ3) is 2.06. The van der Waals surface area contributed by atoms with Crippen molar-refractivity contribution in [2.45, 2.75) is 13.3 Å². The molecule has 1 heterocycles. The topological polar surface area (TPSA) is 67.9 Å². The Hall–Kier alpha value is -1.75. The van der Waals surface area contributed by atoms with Crippen LogP contribution in [0.3, 0.4) is 0 Å². The van der Waals surface area contributed by atoms with Gasteiger partial charge in [-0.25, -0.2) is 0 Å². The second-order valence-electron chi connectivity index (χ2n) is 3.75. The third-order valence-corrected chi connectivity index (χ3v) is 2.76. The molecule has 17 heavy (non-hydrogen) atoms. The molecule has 0 bridgehead atoms. The van der Waals surface area contributed by atoms with E-state index in [1.165, 1.54) is 5.01 Å². The zero-order valence-corrected chi connectivity index (χ0v) is 10.3. The lowest BCUT2D eigenvalue weighted by atomic mass is 10.2. The van der Waals surface area contributed by atoms with E-state index < -0.39 is 0 Å². The standard InChI is InChI=1S/C11H12ClN3O2/c1-6-3-7(17-2)4-8(12)11(6)15-10(16)5-9(13)14-15/h3-4H,5H2,1-2H3,(H2,13,14). The lowest BCUT2D eigenvalue weighted by Gasteiger charge is -2.17. The molecule has 0 aromatic heterocycles. The van der Waals surface area contributed by atoms with Crippen LogP contribution in [0.4, 0.5) is 5.69 Å². The molecule has 0 fully saturated rings. The Morgan fingerprint density at radius 1 is 1.53 bits per heavy atom. The van der Waals surface area contributed by atoms with Gasteiger partial charge in [0, 0.05) is 6.07 Å². The largest absolute Gasteiger partial charge is 0.497 e. The van der Waals surface area contributed by atoms with Gasteiger partial charge in [0.05, 0.1) is 24.2 Å². The van der Waals surface area contributed by atoms with Gasteiger partial charge < -0.3 is 10.5 Å². The first-order chi connectivity index (χ1) is 8.02. The summed E-state index contributed by atoms with van der Waals surface area (Å²) in [4.78, 5) is 11.7. The van der Waals surface area contributed by atoms with Gasteiger partial charge in [0.25, 0.3) is 5.91 Å². The second kappa shape index (κ2) is 4.25. The van der Waals surface area contributed by atoms with Crippen molar-refractivity contribution in [3.05, 3.63) is 22.7 Å². The lowest BCUT2D eigenvalue weighted by Crippen LogP contribution is -2.21. The zero-order chi connectivity index (χ0) is 12.6. The number of nitrogens with two attached hydrogens (primary N) is 1. The normalized spacial score (nSPS) is 15.1. The minimum Gasteiger partial charge on any atom is -0.497 e. The smallest absolute Gasteiger partial charge is 0.255 e. The van der Waals surface area contributed by atoms with Crippen LogP contribution < -0.4 is 15.5 Å². The van der Waals surface area contributed by atoms with Crippen LogP contribution in [0.2, 0.25) is 5.02 Å². The summed E-state index contributed by atoms with van der Waals surface area (Å²) in [5.74, 6) is 0.749. The quantitative estimate of drug-likeness (QED) is 0.872. The van der Waals surface area contributed by atoms with E-state index in [2.05, 4.69) is 5.10 Å². The van der Waals surface area contributed by atoms with Crippen molar-refractivity contribution >= 4 is 29.0 Å². The van der Waals surface area contributed by atoms with Crippen LogP contribution in [-0.4, -0.2) is 18.9 Å². The molecule has 1 aromatic rings. The van der Waals surface area contributed by atoms with E-state index in [9.17, 15) is 4.79 Å². The maximum atomic E-state index is 11.7. The first-order valence-corrected chi connectivity index (χ1v) is 5.40. The molecule has 90 valence electrons. The van der Waals surface area contributed by atoms with Gasteiger partial charge >= 0.3 is 0 Å². The molecule has 1 aliphatic rings. The molecule has 2 N–H and O–H groups in total. The molecule has 0 spiro atoms. The summed E-state index contributed by atoms with van der Waals surface area (Å²) in [5.41, 5.74) is 6.89. The van der Waals surface area contributed by atoms with Gasteiger partial charge in [0.1, 0.15) is 11.6 Å². The number of hydrogen-bond donors (Lipinski definition) is 1. The first kappa shape index (κ1) is 11.7. The van der Waals surface area contributed by atoms with Crippen molar-refractivity contribution in [3.63, 3.8) is 0 Å². The van der Waals surface area contributed by atoms with Gasteiger partial charge in [-0.1, -0.05) is 11.6 Å². The number of aryl methyl sites for hydroxylation is 1. The number of nitrogens with zero attached hydrogens (tertiary/aromatic N) is 2. The van der Waals surface area contributed by atoms with Crippen LogP contribution in [-0.2, 0) is 4.79 Å². The Morgan fingerprint density at radius 2 is 2.24 bits per heavy atom. The van der Waals surface area contributed by atoms with E-state index in [-0.39, 0.29) is 12.3 Å². The highest BCUT2D eigenvalue weighted by Crippen LogP contribution is 2.35. The van der Waals surface area contributed by atoms with Crippen molar-refractivity contribution in [3.8, 4) is 5.75 Å². The van der Waals surface area contributed by atoms with Crippen molar-refractivity contribution in [1.82, 2.24) is 0 Å². The monoisotopic (exact) mass is 253 g/mol. The van der Waals surface area contributed by atoms with Crippen LogP contribution in [0, 0.1) is 6.92 Å². The van der Waals surface area contributed by atoms with Crippen LogP contribution >= 0.6 is 11.6 Å². The number of halogens is 1. The number of carbonyl (C=O) groups excluding carboxylic acids is 1. The predicted octanol–water partition coefficient (Wildman–Crippen LogP) is 1.67. The molecule has 6 heteroatoms. The molecule has 5 nitrogen and oxygen atoms in total. The molecule has 0 saturated carbocycles. The number of amidine groups is 1. The molecule has 0 unspecified atom stereocenters. The Balaban J connectivity index is 2.49. The summed E-state index contributed by atoms with van der Waals surface area (Å²) in [7, 11) is 1.56. The Bertz CT molecular complexity index is 490. The number of amides is 1. The third-order valence-electron chi connectivity index (χ3n) is 2.47. The SMILES string of the molecule is COc1cc(C)c(N2N=C(N)CC2=O)c(Cl)c1. The van der Waals surface area contributed by atoms with Gasteiger partial charge in [-0.05, 0) is 18.6 Å². The highest BCUT2D eigenvalue weighted by Gasteiger charge is 2.26. The van der Waals surface area contributed by atoms with Crippen molar-refractivity contribution in [2.75, 3.05) is 12.1 Å². The Kier molecular flexibility index (Phi) is 2.93. The summed E-state index contributed by atoms with van der Waals surface area (Å²) < 4.78 is 5.09. The van der Waals surface area contributed by atoms with Crippen LogP contribution in [0.1, 0.15) is 12.0 Å². The van der Waals surface area contributed by atoms with E-state index in [4.69, 9.17) is 22.1 Å². The molecule has 0 atom stereocenters. The van der Waals surface area contributed by atoms with Crippen LogP contribution in [0.25, 0.3) is 0 Å². The number of ether oxygens (including phenoxy) is 1. The Morgan fingerprint density at radius 3 is 2.71 bits per heavy atom. The van der Waals surface area contributed by atoms with Gasteiger partial charge in [-0.15, -0.1) is 0 Å². The summed E-state index contributed by atoms with van der Waals surface area (Å²) in [5, 5.41) is 5.62. The van der Waals surface area contributed by atoms with E-state index in [1.807, 2.05) is 6.92 Å². The van der Waals surface area contributed by atoms with E-state index in [0.717, 1.165) is 5.56 Å². The lowest BCUT2D eigenvalue weighted by molar-refractivity contribution is -0.116. The maximum Gasteiger partial charge on any atom is 0.255 e. The number of hydrazone groups is 1. The van der Waals surface area contributed by atoms with E-state index in [1.54, 1.807) is 19.2 Å². The minimum atomic E-state index is -0.183. The molecule has 1 amide bonds. The highest BCUT2D eigenvalue weighted by molar-refractivity contribution is 6.34.